The zero-order valence-electron chi connectivity index (χ0n) is 18.8. The van der Waals surface area contributed by atoms with E-state index in [0.717, 1.165) is 0 Å². The molecule has 0 aliphatic rings. The van der Waals surface area contributed by atoms with Gasteiger partial charge >= 0.3 is 0 Å². The first-order valence-corrected chi connectivity index (χ1v) is 10.7. The maximum Gasteiger partial charge on any atom is 0.111 e. The van der Waals surface area contributed by atoms with Crippen LogP contribution >= 0.6 is 0 Å². The number of ether oxygens (including phenoxy) is 9. The van der Waals surface area contributed by atoms with E-state index in [1.54, 1.807) is 0 Å². The first-order chi connectivity index (χ1) is 14.8. The summed E-state index contributed by atoms with van der Waals surface area (Å²) in [6.45, 7) is 16.2. The van der Waals surface area contributed by atoms with Gasteiger partial charge in [0.05, 0.1) is 111 Å². The number of hydrogen-bond acceptors (Lipinski definition) is 9. The molecule has 30 heavy (non-hydrogen) atoms. The monoisotopic (exact) mass is 438 g/mol. The van der Waals surface area contributed by atoms with Crippen LogP contribution in [0.5, 0.6) is 0 Å². The maximum absolute atomic E-state index is 5.42. The first-order valence-electron chi connectivity index (χ1n) is 10.7. The summed E-state index contributed by atoms with van der Waals surface area (Å²) in [7, 11) is 0. The van der Waals surface area contributed by atoms with Crippen molar-refractivity contribution in [2.24, 2.45) is 0 Å². The highest BCUT2D eigenvalue weighted by Gasteiger charge is 1.95. The van der Waals surface area contributed by atoms with Gasteiger partial charge in [0, 0.05) is 0 Å². The fourth-order valence-electron chi connectivity index (χ4n) is 1.95. The Hall–Kier alpha value is -0.780. The molecule has 0 radical (unpaired) electrons. The molecular weight excluding hydrogens is 396 g/mol. The molecule has 0 amide bonds. The van der Waals surface area contributed by atoms with Crippen molar-refractivity contribution in [1.29, 1.82) is 0 Å². The van der Waals surface area contributed by atoms with Crippen molar-refractivity contribution in [3.63, 3.8) is 0 Å². The molecule has 0 fully saturated rings. The Morgan fingerprint density at radius 2 is 0.733 bits per heavy atom. The molecule has 0 rings (SSSR count). The van der Waals surface area contributed by atoms with Gasteiger partial charge in [0.2, 0.25) is 0 Å². The minimum atomic E-state index is 0.239. The summed E-state index contributed by atoms with van der Waals surface area (Å²) in [4.78, 5) is 0. The molecule has 0 aliphatic heterocycles. The molecular formula is C21H42O9. The van der Waals surface area contributed by atoms with Gasteiger partial charge in [-0.1, -0.05) is 6.58 Å². The third-order valence-corrected chi connectivity index (χ3v) is 3.37. The summed E-state index contributed by atoms with van der Waals surface area (Å²) < 4.78 is 48.0. The third kappa shape index (κ3) is 27.2. The largest absolute Gasteiger partial charge is 0.499 e. The van der Waals surface area contributed by atoms with Crippen molar-refractivity contribution in [2.75, 3.05) is 106 Å². The molecule has 0 unspecified atom stereocenters. The minimum Gasteiger partial charge on any atom is -0.499 e. The maximum atomic E-state index is 5.42. The van der Waals surface area contributed by atoms with Gasteiger partial charge in [0.1, 0.15) is 6.61 Å². The summed E-state index contributed by atoms with van der Waals surface area (Å²) in [5.41, 5.74) is 0. The summed E-state index contributed by atoms with van der Waals surface area (Å²) in [5.74, 6) is 0. The molecule has 0 aliphatic carbocycles. The molecule has 9 heteroatoms. The molecule has 0 N–H and O–H groups in total. The van der Waals surface area contributed by atoms with E-state index in [1.165, 1.54) is 6.26 Å². The molecule has 0 spiro atoms. The van der Waals surface area contributed by atoms with E-state index in [1.807, 2.05) is 13.8 Å². The Labute approximate surface area is 181 Å². The van der Waals surface area contributed by atoms with E-state index in [2.05, 4.69) is 6.58 Å². The third-order valence-electron chi connectivity index (χ3n) is 3.37. The van der Waals surface area contributed by atoms with Crippen LogP contribution in [0.4, 0.5) is 0 Å². The zero-order chi connectivity index (χ0) is 22.0. The van der Waals surface area contributed by atoms with Gasteiger partial charge in [-0.2, -0.15) is 0 Å². The molecule has 0 saturated carbocycles. The highest BCUT2D eigenvalue weighted by molar-refractivity contribution is 4.47. The van der Waals surface area contributed by atoms with Gasteiger partial charge in [0.25, 0.3) is 0 Å². The fraction of sp³-hybridized carbons (Fsp3) is 0.905. The second kappa shape index (κ2) is 26.3. The van der Waals surface area contributed by atoms with E-state index in [9.17, 15) is 0 Å². The van der Waals surface area contributed by atoms with Crippen LogP contribution in [0, 0.1) is 0 Å². The van der Waals surface area contributed by atoms with Crippen LogP contribution in [0.25, 0.3) is 0 Å². The average Bonchev–Trinajstić information content (AvgIpc) is 2.73. The Bertz CT molecular complexity index is 330. The van der Waals surface area contributed by atoms with Crippen molar-refractivity contribution < 1.29 is 42.6 Å². The van der Waals surface area contributed by atoms with E-state index >= 15 is 0 Å². The van der Waals surface area contributed by atoms with Gasteiger partial charge in [-0.25, -0.2) is 0 Å². The van der Waals surface area contributed by atoms with Crippen LogP contribution < -0.4 is 0 Å². The number of rotatable bonds is 26. The van der Waals surface area contributed by atoms with Crippen LogP contribution in [0.1, 0.15) is 13.8 Å². The highest BCUT2D eigenvalue weighted by atomic mass is 16.6. The molecule has 9 nitrogen and oxygen atoms in total. The summed E-state index contributed by atoms with van der Waals surface area (Å²) in [6, 6.07) is 0. The van der Waals surface area contributed by atoms with E-state index in [4.69, 9.17) is 42.6 Å². The Kier molecular flexibility index (Phi) is 25.6. The lowest BCUT2D eigenvalue weighted by Crippen LogP contribution is -2.15. The lowest BCUT2D eigenvalue weighted by atomic mass is 10.5. The second-order valence-corrected chi connectivity index (χ2v) is 6.24. The topological polar surface area (TPSA) is 83.1 Å². The number of hydrogen-bond donors (Lipinski definition) is 0. The Balaban J connectivity index is 2.99. The molecule has 0 aromatic carbocycles. The van der Waals surface area contributed by atoms with Crippen molar-refractivity contribution in [2.45, 2.75) is 20.0 Å². The van der Waals surface area contributed by atoms with Crippen LogP contribution in [-0.4, -0.2) is 112 Å². The first kappa shape index (κ1) is 29.2. The van der Waals surface area contributed by atoms with Crippen molar-refractivity contribution >= 4 is 0 Å². The molecule has 0 bridgehead atoms. The van der Waals surface area contributed by atoms with Crippen LogP contribution in [0.2, 0.25) is 0 Å². The Morgan fingerprint density at radius 1 is 0.467 bits per heavy atom. The zero-order valence-corrected chi connectivity index (χ0v) is 18.8. The van der Waals surface area contributed by atoms with Gasteiger partial charge in [-0.15, -0.1) is 0 Å². The fourth-order valence-corrected chi connectivity index (χ4v) is 1.95. The van der Waals surface area contributed by atoms with E-state index in [-0.39, 0.29) is 6.10 Å². The Morgan fingerprint density at radius 3 is 1.00 bits per heavy atom. The highest BCUT2D eigenvalue weighted by Crippen LogP contribution is 1.88. The standard InChI is InChI=1S/C21H42O9/c1-4-22-5-6-23-7-8-24-9-10-25-11-12-26-13-14-27-15-16-28-17-18-29-19-20-30-21(2)3/h4,21H,1,5-20H2,2-3H3. The van der Waals surface area contributed by atoms with E-state index < -0.39 is 0 Å². The quantitative estimate of drug-likeness (QED) is 0.148. The van der Waals surface area contributed by atoms with Crippen LogP contribution in [0.15, 0.2) is 12.8 Å². The van der Waals surface area contributed by atoms with Gasteiger partial charge in [-0.3, -0.25) is 0 Å². The molecule has 180 valence electrons. The SMILES string of the molecule is C=COCCOCCOCCOCCOCCOCCOCCOCCOC(C)C. The predicted molar refractivity (Wildman–Crippen MR) is 113 cm³/mol. The molecule has 0 atom stereocenters. The smallest absolute Gasteiger partial charge is 0.111 e. The lowest BCUT2D eigenvalue weighted by Gasteiger charge is -2.09. The van der Waals surface area contributed by atoms with Gasteiger partial charge in [-0.05, 0) is 13.8 Å². The molecule has 0 saturated heterocycles. The average molecular weight is 439 g/mol. The second-order valence-electron chi connectivity index (χ2n) is 6.24. The molecule has 0 aromatic heterocycles. The summed E-state index contributed by atoms with van der Waals surface area (Å²) in [5, 5.41) is 0. The van der Waals surface area contributed by atoms with E-state index in [0.29, 0.717) is 106 Å². The normalized spacial score (nSPS) is 11.3. The van der Waals surface area contributed by atoms with Crippen LogP contribution in [0.3, 0.4) is 0 Å². The van der Waals surface area contributed by atoms with Crippen molar-refractivity contribution in [3.05, 3.63) is 12.8 Å². The summed E-state index contributed by atoms with van der Waals surface area (Å²) >= 11 is 0. The van der Waals surface area contributed by atoms with Crippen LogP contribution in [-0.2, 0) is 42.6 Å². The minimum absolute atomic E-state index is 0.239. The van der Waals surface area contributed by atoms with Gasteiger partial charge in [0.15, 0.2) is 0 Å². The lowest BCUT2D eigenvalue weighted by molar-refractivity contribution is -0.0261. The van der Waals surface area contributed by atoms with Crippen molar-refractivity contribution in [1.82, 2.24) is 0 Å². The van der Waals surface area contributed by atoms with Gasteiger partial charge < -0.3 is 42.6 Å². The predicted octanol–water partition coefficient (Wildman–Crippen LogP) is 1.69. The van der Waals surface area contributed by atoms with Crippen molar-refractivity contribution in [3.8, 4) is 0 Å². The molecule has 0 heterocycles. The molecule has 0 aromatic rings. The summed E-state index contributed by atoms with van der Waals surface area (Å²) in [6.07, 6.45) is 1.64.